The quantitative estimate of drug-likeness (QED) is 0.234. The SMILES string of the molecule is c1ccc(-c2ccc(-c3cc(-c4cc5ccccc5o4)nc(-c4cccc5c4oc4ccccc45)n3)cc2)cc1. The van der Waals surface area contributed by atoms with E-state index in [1.165, 1.54) is 5.56 Å². The highest BCUT2D eigenvalue weighted by Gasteiger charge is 2.18. The van der Waals surface area contributed by atoms with Gasteiger partial charge in [0.25, 0.3) is 0 Å². The van der Waals surface area contributed by atoms with E-state index in [0.717, 1.165) is 61.0 Å². The molecule has 0 radical (unpaired) electrons. The Morgan fingerprint density at radius 3 is 1.98 bits per heavy atom. The minimum Gasteiger partial charge on any atom is -0.455 e. The van der Waals surface area contributed by atoms with Gasteiger partial charge >= 0.3 is 0 Å². The molecule has 40 heavy (non-hydrogen) atoms. The molecule has 0 N–H and O–H groups in total. The van der Waals surface area contributed by atoms with Crippen LogP contribution in [0.1, 0.15) is 0 Å². The highest BCUT2D eigenvalue weighted by atomic mass is 16.3. The number of fused-ring (bicyclic) bond motifs is 4. The third-order valence-corrected chi connectivity index (χ3v) is 7.34. The normalized spacial score (nSPS) is 11.5. The smallest absolute Gasteiger partial charge is 0.164 e. The maximum Gasteiger partial charge on any atom is 0.164 e. The Kier molecular flexibility index (Phi) is 5.10. The van der Waals surface area contributed by atoms with Crippen LogP contribution in [0.3, 0.4) is 0 Å². The highest BCUT2D eigenvalue weighted by Crippen LogP contribution is 2.37. The van der Waals surface area contributed by atoms with Gasteiger partial charge in [-0.05, 0) is 41.5 Å². The summed E-state index contributed by atoms with van der Waals surface area (Å²) in [5, 5.41) is 3.15. The maximum absolute atomic E-state index is 6.34. The molecule has 0 fully saturated rings. The van der Waals surface area contributed by atoms with E-state index in [1.807, 2.05) is 72.8 Å². The molecule has 0 unspecified atom stereocenters. The van der Waals surface area contributed by atoms with Crippen LogP contribution < -0.4 is 0 Å². The van der Waals surface area contributed by atoms with Crippen LogP contribution in [0.25, 0.3) is 78.1 Å². The fourth-order valence-corrected chi connectivity index (χ4v) is 5.34. The minimum absolute atomic E-state index is 0.588. The molecule has 3 heterocycles. The van der Waals surface area contributed by atoms with Gasteiger partial charge in [0.15, 0.2) is 11.6 Å². The Labute approximate surface area is 230 Å². The van der Waals surface area contributed by atoms with Gasteiger partial charge in [-0.1, -0.05) is 103 Å². The number of rotatable bonds is 4. The Bertz CT molecular complexity index is 2120. The first-order chi connectivity index (χ1) is 19.8. The lowest BCUT2D eigenvalue weighted by Crippen LogP contribution is -1.95. The number of benzene rings is 5. The number of aromatic nitrogens is 2. The van der Waals surface area contributed by atoms with Crippen molar-refractivity contribution in [1.82, 2.24) is 9.97 Å². The monoisotopic (exact) mass is 514 g/mol. The Hall–Kier alpha value is -5.48. The fourth-order valence-electron chi connectivity index (χ4n) is 5.34. The fraction of sp³-hybridized carbons (Fsp3) is 0. The van der Waals surface area contributed by atoms with Crippen molar-refractivity contribution in [2.24, 2.45) is 0 Å². The summed E-state index contributed by atoms with van der Waals surface area (Å²) in [6.45, 7) is 0. The predicted molar refractivity (Wildman–Crippen MR) is 161 cm³/mol. The van der Waals surface area contributed by atoms with Crippen LogP contribution in [0.2, 0.25) is 0 Å². The molecule has 0 saturated carbocycles. The molecule has 188 valence electrons. The third-order valence-electron chi connectivity index (χ3n) is 7.34. The van der Waals surface area contributed by atoms with Crippen molar-refractivity contribution in [2.75, 3.05) is 0 Å². The highest BCUT2D eigenvalue weighted by molar-refractivity contribution is 6.09. The van der Waals surface area contributed by atoms with Crippen LogP contribution in [-0.4, -0.2) is 9.97 Å². The topological polar surface area (TPSA) is 52.1 Å². The van der Waals surface area contributed by atoms with E-state index in [-0.39, 0.29) is 0 Å². The number of nitrogens with zero attached hydrogens (tertiary/aromatic N) is 2. The second kappa shape index (κ2) is 9.07. The van der Waals surface area contributed by atoms with Crippen LogP contribution in [0.5, 0.6) is 0 Å². The maximum atomic E-state index is 6.34. The van der Waals surface area contributed by atoms with E-state index >= 15 is 0 Å². The molecule has 0 spiro atoms. The molecule has 0 aliphatic carbocycles. The average molecular weight is 515 g/mol. The first-order valence-corrected chi connectivity index (χ1v) is 13.2. The van der Waals surface area contributed by atoms with Crippen molar-refractivity contribution in [3.63, 3.8) is 0 Å². The van der Waals surface area contributed by atoms with Crippen molar-refractivity contribution < 1.29 is 8.83 Å². The average Bonchev–Trinajstić information content (AvgIpc) is 3.63. The molecule has 0 bridgehead atoms. The van der Waals surface area contributed by atoms with Crippen LogP contribution >= 0.6 is 0 Å². The van der Waals surface area contributed by atoms with Gasteiger partial charge in [-0.25, -0.2) is 9.97 Å². The van der Waals surface area contributed by atoms with E-state index < -0.39 is 0 Å². The zero-order valence-corrected chi connectivity index (χ0v) is 21.4. The van der Waals surface area contributed by atoms with Gasteiger partial charge in [0.2, 0.25) is 0 Å². The van der Waals surface area contributed by atoms with E-state index in [2.05, 4.69) is 60.7 Å². The summed E-state index contributed by atoms with van der Waals surface area (Å²) < 4.78 is 12.6. The van der Waals surface area contributed by atoms with Gasteiger partial charge in [0, 0.05) is 21.7 Å². The van der Waals surface area contributed by atoms with Crippen LogP contribution in [0.4, 0.5) is 0 Å². The number of hydrogen-bond acceptors (Lipinski definition) is 4. The first kappa shape index (κ1) is 22.5. The molecule has 0 aliphatic heterocycles. The van der Waals surface area contributed by atoms with E-state index in [9.17, 15) is 0 Å². The van der Waals surface area contributed by atoms with Crippen molar-refractivity contribution in [1.29, 1.82) is 0 Å². The van der Waals surface area contributed by atoms with Crippen LogP contribution in [0, 0.1) is 0 Å². The zero-order valence-electron chi connectivity index (χ0n) is 21.4. The van der Waals surface area contributed by atoms with Crippen molar-refractivity contribution in [3.05, 3.63) is 133 Å². The standard InChI is InChI=1S/C36H22N2O2/c1-2-9-23(10-3-1)24-17-19-25(20-18-24)30-22-31(34-21-26-11-4-6-15-32(26)39-34)38-36(37-30)29-14-8-13-28-27-12-5-7-16-33(27)40-35(28)29/h1-22H. The third kappa shape index (κ3) is 3.77. The van der Waals surface area contributed by atoms with E-state index in [4.69, 9.17) is 18.8 Å². The second-order valence-corrected chi connectivity index (χ2v) is 9.83. The molecular formula is C36H22N2O2. The molecule has 0 aliphatic rings. The number of para-hydroxylation sites is 3. The molecule has 8 aromatic rings. The van der Waals surface area contributed by atoms with Gasteiger partial charge < -0.3 is 8.83 Å². The summed E-state index contributed by atoms with van der Waals surface area (Å²) in [6, 6.07) is 45.1. The van der Waals surface area contributed by atoms with Crippen molar-refractivity contribution >= 4 is 32.9 Å². The summed E-state index contributed by atoms with van der Waals surface area (Å²) in [5.41, 5.74) is 8.15. The Balaban J connectivity index is 1.33. The summed E-state index contributed by atoms with van der Waals surface area (Å²) >= 11 is 0. The first-order valence-electron chi connectivity index (χ1n) is 13.2. The van der Waals surface area contributed by atoms with Gasteiger partial charge in [-0.15, -0.1) is 0 Å². The summed E-state index contributed by atoms with van der Waals surface area (Å²) in [4.78, 5) is 10.1. The lowest BCUT2D eigenvalue weighted by atomic mass is 10.0. The molecule has 3 aromatic heterocycles. The van der Waals surface area contributed by atoms with Crippen molar-refractivity contribution in [3.8, 4) is 45.2 Å². The van der Waals surface area contributed by atoms with Gasteiger partial charge in [0.05, 0.1) is 11.3 Å². The molecule has 4 nitrogen and oxygen atoms in total. The number of hydrogen-bond donors (Lipinski definition) is 0. The van der Waals surface area contributed by atoms with E-state index in [1.54, 1.807) is 0 Å². The molecule has 0 amide bonds. The molecule has 5 aromatic carbocycles. The predicted octanol–water partition coefficient (Wildman–Crippen LogP) is 9.79. The lowest BCUT2D eigenvalue weighted by molar-refractivity contribution is 0.628. The van der Waals surface area contributed by atoms with Crippen LogP contribution in [0.15, 0.2) is 142 Å². The van der Waals surface area contributed by atoms with Gasteiger partial charge in [-0.3, -0.25) is 0 Å². The van der Waals surface area contributed by atoms with Crippen molar-refractivity contribution in [2.45, 2.75) is 0 Å². The number of furan rings is 2. The second-order valence-electron chi connectivity index (χ2n) is 9.83. The summed E-state index contributed by atoms with van der Waals surface area (Å²) in [5.74, 6) is 1.29. The minimum atomic E-state index is 0.588. The molecule has 0 atom stereocenters. The summed E-state index contributed by atoms with van der Waals surface area (Å²) in [7, 11) is 0. The largest absolute Gasteiger partial charge is 0.455 e. The van der Waals surface area contributed by atoms with E-state index in [0.29, 0.717) is 11.6 Å². The molecular weight excluding hydrogens is 492 g/mol. The molecule has 4 heteroatoms. The van der Waals surface area contributed by atoms with Crippen LogP contribution in [-0.2, 0) is 0 Å². The molecule has 0 saturated heterocycles. The van der Waals surface area contributed by atoms with Gasteiger partial charge in [-0.2, -0.15) is 0 Å². The Morgan fingerprint density at radius 2 is 1.12 bits per heavy atom. The Morgan fingerprint density at radius 1 is 0.450 bits per heavy atom. The van der Waals surface area contributed by atoms with Gasteiger partial charge in [0.1, 0.15) is 22.4 Å². The lowest BCUT2D eigenvalue weighted by Gasteiger charge is -2.09. The zero-order chi connectivity index (χ0) is 26.5. The summed E-state index contributed by atoms with van der Waals surface area (Å²) in [6.07, 6.45) is 0. The molecule has 8 rings (SSSR count).